The third kappa shape index (κ3) is 8.72. The Morgan fingerprint density at radius 1 is 1.02 bits per heavy atom. The topological polar surface area (TPSA) is 171 Å². The number of hydrogen-bond donors (Lipinski definition) is 4. The molecule has 5 amide bonds. The first kappa shape index (κ1) is 39.4. The van der Waals surface area contributed by atoms with E-state index in [1.165, 1.54) is 11.0 Å². The van der Waals surface area contributed by atoms with Crippen LogP contribution >= 0.6 is 0 Å². The van der Waals surface area contributed by atoms with Crippen molar-refractivity contribution in [2.45, 2.75) is 134 Å². The second kappa shape index (κ2) is 15.5. The van der Waals surface area contributed by atoms with Gasteiger partial charge in [0.05, 0.1) is 22.6 Å². The fraction of sp³-hybridized carbons (Fsp3) is 0.757. The molecule has 50 heavy (non-hydrogen) atoms. The van der Waals surface area contributed by atoms with Gasteiger partial charge in [0.1, 0.15) is 12.1 Å². The average Bonchev–Trinajstić information content (AvgIpc) is 3.51. The number of terminal acetylenes is 1. The zero-order valence-corrected chi connectivity index (χ0v) is 31.3. The SMILES string of the molecule is C#CCCC(NC(=O)[C@@H]1C2[C@H](CN1C(=O)[C@@H](NC(=O)NC1(CS(=O)(=O)C3CCCC3)CCCCC1)C(C)(C)C)C2(C)C)C(=O)C(=O)NCC=C. The predicted octanol–water partition coefficient (Wildman–Crippen LogP) is 3.01. The first-order chi connectivity index (χ1) is 23.4. The van der Waals surface area contributed by atoms with Crippen molar-refractivity contribution in [3.63, 3.8) is 0 Å². The number of rotatable bonds is 14. The maximum atomic E-state index is 14.5. The van der Waals surface area contributed by atoms with Crippen LogP contribution in [-0.2, 0) is 29.0 Å². The van der Waals surface area contributed by atoms with Crippen LogP contribution in [0.4, 0.5) is 4.79 Å². The lowest BCUT2D eigenvalue weighted by Crippen LogP contribution is -2.64. The van der Waals surface area contributed by atoms with Gasteiger partial charge >= 0.3 is 6.03 Å². The number of hydrogen-bond acceptors (Lipinski definition) is 7. The molecule has 4 rings (SSSR count). The zero-order valence-electron chi connectivity index (χ0n) is 30.4. The largest absolute Gasteiger partial charge is 0.346 e. The molecule has 0 aromatic carbocycles. The fourth-order valence-corrected chi connectivity index (χ4v) is 10.9. The molecular weight excluding hydrogens is 659 g/mol. The van der Waals surface area contributed by atoms with Gasteiger partial charge in [0.15, 0.2) is 9.84 Å². The van der Waals surface area contributed by atoms with E-state index in [1.807, 2.05) is 34.6 Å². The molecule has 5 atom stereocenters. The Hall–Kier alpha value is -3.40. The molecule has 0 spiro atoms. The lowest BCUT2D eigenvalue weighted by Gasteiger charge is -2.41. The van der Waals surface area contributed by atoms with Gasteiger partial charge in [-0.05, 0) is 54.8 Å². The first-order valence-electron chi connectivity index (χ1n) is 18.2. The molecular formula is C37H57N5O7S. The minimum atomic E-state index is -3.44. The number of nitrogens with zero attached hydrogens (tertiary/aromatic N) is 1. The van der Waals surface area contributed by atoms with Gasteiger partial charge in [-0.25, -0.2) is 13.2 Å². The van der Waals surface area contributed by atoms with Crippen LogP contribution in [0.1, 0.15) is 105 Å². The lowest BCUT2D eigenvalue weighted by atomic mass is 9.83. The minimum Gasteiger partial charge on any atom is -0.346 e. The Labute approximate surface area is 298 Å². The molecule has 13 heteroatoms. The van der Waals surface area contributed by atoms with Crippen LogP contribution in [0.15, 0.2) is 12.7 Å². The lowest BCUT2D eigenvalue weighted by molar-refractivity contribution is -0.145. The van der Waals surface area contributed by atoms with Crippen LogP contribution in [0.3, 0.4) is 0 Å². The number of ketones is 1. The number of carbonyl (C=O) groups excluding carboxylic acids is 5. The highest BCUT2D eigenvalue weighted by atomic mass is 32.2. The highest BCUT2D eigenvalue weighted by molar-refractivity contribution is 7.92. The molecule has 4 N–H and O–H groups in total. The molecule has 0 aromatic heterocycles. The van der Waals surface area contributed by atoms with Crippen molar-refractivity contribution in [3.8, 4) is 12.3 Å². The minimum absolute atomic E-state index is 0.0266. The molecule has 1 aliphatic heterocycles. The second-order valence-corrected chi connectivity index (χ2v) is 18.8. The predicted molar refractivity (Wildman–Crippen MR) is 191 cm³/mol. The summed E-state index contributed by atoms with van der Waals surface area (Å²) in [5.41, 5.74) is -1.94. The summed E-state index contributed by atoms with van der Waals surface area (Å²) < 4.78 is 26.9. The maximum absolute atomic E-state index is 14.5. The van der Waals surface area contributed by atoms with E-state index in [0.29, 0.717) is 25.7 Å². The number of carbonyl (C=O) groups is 5. The summed E-state index contributed by atoms with van der Waals surface area (Å²) in [6.45, 7) is 13.4. The maximum Gasteiger partial charge on any atom is 0.315 e. The smallest absolute Gasteiger partial charge is 0.315 e. The van der Waals surface area contributed by atoms with Gasteiger partial charge in [-0.1, -0.05) is 72.8 Å². The summed E-state index contributed by atoms with van der Waals surface area (Å²) in [5, 5.41) is 10.7. The van der Waals surface area contributed by atoms with E-state index in [0.717, 1.165) is 32.1 Å². The summed E-state index contributed by atoms with van der Waals surface area (Å²) >= 11 is 0. The molecule has 3 aliphatic carbocycles. The van der Waals surface area contributed by atoms with Crippen molar-refractivity contribution >= 4 is 39.4 Å². The molecule has 1 saturated heterocycles. The van der Waals surface area contributed by atoms with Gasteiger partial charge < -0.3 is 26.2 Å². The number of Topliss-reactive ketones (excluding diaryl/α,β-unsaturated/α-hetero) is 1. The zero-order chi connectivity index (χ0) is 37.1. The van der Waals surface area contributed by atoms with Crippen molar-refractivity contribution in [3.05, 3.63) is 12.7 Å². The normalized spacial score (nSPS) is 25.3. The summed E-state index contributed by atoms with van der Waals surface area (Å²) in [6.07, 6.45) is 13.8. The van der Waals surface area contributed by atoms with Crippen LogP contribution in [0.5, 0.6) is 0 Å². The third-order valence-corrected chi connectivity index (χ3v) is 13.9. The van der Waals surface area contributed by atoms with Gasteiger partial charge in [0, 0.05) is 19.5 Å². The van der Waals surface area contributed by atoms with Crippen molar-refractivity contribution in [2.75, 3.05) is 18.8 Å². The Morgan fingerprint density at radius 2 is 1.66 bits per heavy atom. The quantitative estimate of drug-likeness (QED) is 0.122. The number of fused-ring (bicyclic) bond motifs is 1. The van der Waals surface area contributed by atoms with E-state index in [4.69, 9.17) is 6.42 Å². The van der Waals surface area contributed by atoms with Crippen molar-refractivity contribution in [1.29, 1.82) is 0 Å². The molecule has 4 fully saturated rings. The van der Waals surface area contributed by atoms with Crippen LogP contribution in [-0.4, -0.2) is 90.6 Å². The van der Waals surface area contributed by atoms with E-state index in [2.05, 4.69) is 33.8 Å². The Kier molecular flexibility index (Phi) is 12.2. The average molecular weight is 716 g/mol. The van der Waals surface area contributed by atoms with Gasteiger partial charge in [-0.2, -0.15) is 0 Å². The Balaban J connectivity index is 1.54. The molecule has 0 bridgehead atoms. The first-order valence-corrected chi connectivity index (χ1v) is 19.9. The number of sulfone groups is 1. The molecule has 12 nitrogen and oxygen atoms in total. The number of urea groups is 1. The van der Waals surface area contributed by atoms with Gasteiger partial charge in [-0.15, -0.1) is 18.9 Å². The fourth-order valence-electron chi connectivity index (χ4n) is 8.48. The molecule has 1 heterocycles. The standard InChI is InChI=1S/C37H57N5O7S/c1-8-10-18-26(29(43)32(45)38-21-9-2)39-31(44)28-27-25(36(27,6)7)22-42(28)33(46)30(35(3,4)5)40-34(47)41-37(19-14-11-15-20-37)23-50(48,49)24-16-12-13-17-24/h1,9,24-28,30H,2,10-23H2,3-7H3,(H,38,45)(H,39,44)(H2,40,41,47)/t25-,26?,27?,28-,30+/m0/s1. The van der Waals surface area contributed by atoms with Gasteiger partial charge in [0.25, 0.3) is 5.91 Å². The van der Waals surface area contributed by atoms with E-state index >= 15 is 0 Å². The van der Waals surface area contributed by atoms with Gasteiger partial charge in [-0.3, -0.25) is 19.2 Å². The van der Waals surface area contributed by atoms with E-state index in [9.17, 15) is 32.4 Å². The molecule has 3 saturated carbocycles. The monoisotopic (exact) mass is 715 g/mol. The molecule has 278 valence electrons. The molecule has 0 aromatic rings. The van der Waals surface area contributed by atoms with Crippen LogP contribution in [0.2, 0.25) is 0 Å². The Bertz CT molecular complexity index is 1480. The Morgan fingerprint density at radius 3 is 2.24 bits per heavy atom. The van der Waals surface area contributed by atoms with Crippen LogP contribution in [0.25, 0.3) is 0 Å². The van der Waals surface area contributed by atoms with Crippen molar-refractivity contribution < 1.29 is 32.4 Å². The van der Waals surface area contributed by atoms with Crippen LogP contribution in [0, 0.1) is 35.0 Å². The summed E-state index contributed by atoms with van der Waals surface area (Å²) in [5.74, 6) is -0.543. The molecule has 4 aliphatic rings. The summed E-state index contributed by atoms with van der Waals surface area (Å²) in [4.78, 5) is 69.3. The van der Waals surface area contributed by atoms with E-state index in [-0.39, 0.29) is 54.2 Å². The highest BCUT2D eigenvalue weighted by Crippen LogP contribution is 2.65. The second-order valence-electron chi connectivity index (χ2n) is 16.5. The number of likely N-dealkylation sites (tertiary alicyclic amines) is 1. The summed E-state index contributed by atoms with van der Waals surface area (Å²) in [7, 11) is -3.44. The number of nitrogens with one attached hydrogen (secondary N) is 4. The van der Waals surface area contributed by atoms with Gasteiger partial charge in [0.2, 0.25) is 17.6 Å². The molecule has 0 radical (unpaired) electrons. The van der Waals surface area contributed by atoms with Crippen molar-refractivity contribution in [1.82, 2.24) is 26.2 Å². The highest BCUT2D eigenvalue weighted by Gasteiger charge is 2.70. The van der Waals surface area contributed by atoms with Crippen LogP contribution < -0.4 is 21.3 Å². The summed E-state index contributed by atoms with van der Waals surface area (Å²) in [6, 6.07) is -3.78. The molecule has 2 unspecified atom stereocenters. The number of piperidine rings is 1. The van der Waals surface area contributed by atoms with E-state index in [1.54, 1.807) is 0 Å². The van der Waals surface area contributed by atoms with E-state index < -0.39 is 68.5 Å². The number of amides is 5. The van der Waals surface area contributed by atoms with Crippen molar-refractivity contribution in [2.24, 2.45) is 22.7 Å². The third-order valence-electron chi connectivity index (χ3n) is 11.5.